The molecular weight excluding hydrogens is 277 g/mol. The maximum atomic E-state index is 12.9. The van der Waals surface area contributed by atoms with E-state index in [1.54, 1.807) is 0 Å². The topological polar surface area (TPSA) is 41.5 Å². The van der Waals surface area contributed by atoms with Crippen molar-refractivity contribution < 1.29 is 18.0 Å². The third-order valence-corrected chi connectivity index (χ3v) is 2.93. The standard InChI is InChI=1S/C12H7F3N2OS/c13-8-3-7(4-9(14)5-8)6-16-17-12(18)10-1-2-11(15)19-10/h1-6H,(H,17,18). The van der Waals surface area contributed by atoms with Crippen molar-refractivity contribution in [3.63, 3.8) is 0 Å². The number of carbonyl (C=O) groups is 1. The first-order chi connectivity index (χ1) is 9.04. The smallest absolute Gasteiger partial charge is 0.266 e. The highest BCUT2D eigenvalue weighted by Crippen LogP contribution is 2.13. The molecule has 98 valence electrons. The number of benzene rings is 1. The Balaban J connectivity index is 2.01. The van der Waals surface area contributed by atoms with Gasteiger partial charge in [-0.05, 0) is 24.3 Å². The SMILES string of the molecule is O=C(NN=Cc1cc(F)cc(F)c1)c1ccc(F)s1. The van der Waals surface area contributed by atoms with Crippen molar-refractivity contribution in [3.05, 3.63) is 57.5 Å². The van der Waals surface area contributed by atoms with Crippen molar-refractivity contribution >= 4 is 23.5 Å². The lowest BCUT2D eigenvalue weighted by Crippen LogP contribution is -2.16. The third kappa shape index (κ3) is 3.65. The second kappa shape index (κ2) is 5.66. The van der Waals surface area contributed by atoms with Crippen LogP contribution in [0.1, 0.15) is 15.2 Å². The highest BCUT2D eigenvalue weighted by atomic mass is 32.1. The second-order valence-corrected chi connectivity index (χ2v) is 4.54. The minimum Gasteiger partial charge on any atom is -0.266 e. The molecule has 0 aliphatic carbocycles. The number of nitrogens with one attached hydrogen (secondary N) is 1. The van der Waals surface area contributed by atoms with Crippen molar-refractivity contribution in [1.29, 1.82) is 0 Å². The van der Waals surface area contributed by atoms with Crippen LogP contribution in [0.4, 0.5) is 13.2 Å². The Hall–Kier alpha value is -2.15. The van der Waals surface area contributed by atoms with E-state index in [0.29, 0.717) is 11.3 Å². The maximum absolute atomic E-state index is 12.9. The van der Waals surface area contributed by atoms with E-state index < -0.39 is 22.7 Å². The summed E-state index contributed by atoms with van der Waals surface area (Å²) in [5.74, 6) is -2.08. The van der Waals surface area contributed by atoms with Gasteiger partial charge in [-0.15, -0.1) is 11.3 Å². The second-order valence-electron chi connectivity index (χ2n) is 3.51. The first-order valence-corrected chi connectivity index (χ1v) is 5.91. The van der Waals surface area contributed by atoms with E-state index in [1.165, 1.54) is 6.07 Å². The van der Waals surface area contributed by atoms with Crippen LogP contribution in [0, 0.1) is 16.8 Å². The zero-order valence-corrected chi connectivity index (χ0v) is 10.2. The molecule has 0 aliphatic heterocycles. The number of thiophene rings is 1. The Kier molecular flexibility index (Phi) is 3.96. The molecule has 0 bridgehead atoms. The monoisotopic (exact) mass is 284 g/mol. The van der Waals surface area contributed by atoms with Crippen molar-refractivity contribution in [2.24, 2.45) is 5.10 Å². The molecule has 2 rings (SSSR count). The van der Waals surface area contributed by atoms with Crippen LogP contribution in [0.2, 0.25) is 0 Å². The number of hydrazone groups is 1. The van der Waals surface area contributed by atoms with Gasteiger partial charge in [-0.1, -0.05) is 0 Å². The minimum absolute atomic E-state index is 0.153. The van der Waals surface area contributed by atoms with Gasteiger partial charge in [0.2, 0.25) is 0 Å². The summed E-state index contributed by atoms with van der Waals surface area (Å²) < 4.78 is 38.4. The van der Waals surface area contributed by atoms with Gasteiger partial charge in [-0.3, -0.25) is 4.79 Å². The van der Waals surface area contributed by atoms with Gasteiger partial charge >= 0.3 is 0 Å². The predicted octanol–water partition coefficient (Wildman–Crippen LogP) is 2.93. The number of hydrogen-bond acceptors (Lipinski definition) is 3. The summed E-state index contributed by atoms with van der Waals surface area (Å²) in [5, 5.41) is 3.05. The molecule has 2 aromatic rings. The summed E-state index contributed by atoms with van der Waals surface area (Å²) in [4.78, 5) is 11.6. The van der Waals surface area contributed by atoms with Gasteiger partial charge in [0, 0.05) is 11.6 Å². The van der Waals surface area contributed by atoms with Crippen LogP contribution < -0.4 is 5.43 Å². The van der Waals surface area contributed by atoms with E-state index in [4.69, 9.17) is 0 Å². The van der Waals surface area contributed by atoms with E-state index >= 15 is 0 Å². The number of rotatable bonds is 3. The van der Waals surface area contributed by atoms with Crippen molar-refractivity contribution in [2.45, 2.75) is 0 Å². The van der Waals surface area contributed by atoms with Crippen LogP contribution in [0.25, 0.3) is 0 Å². The van der Waals surface area contributed by atoms with Gasteiger partial charge < -0.3 is 0 Å². The number of hydrogen-bond donors (Lipinski definition) is 1. The first kappa shape index (κ1) is 13.3. The molecule has 1 aromatic heterocycles. The van der Waals surface area contributed by atoms with Gasteiger partial charge in [0.25, 0.3) is 5.91 Å². The summed E-state index contributed by atoms with van der Waals surface area (Å²) in [5.41, 5.74) is 2.29. The van der Waals surface area contributed by atoms with E-state index in [1.807, 2.05) is 0 Å². The molecule has 19 heavy (non-hydrogen) atoms. The first-order valence-electron chi connectivity index (χ1n) is 5.09. The Morgan fingerprint density at radius 3 is 2.42 bits per heavy atom. The molecule has 1 amide bonds. The summed E-state index contributed by atoms with van der Waals surface area (Å²) in [6, 6.07) is 5.31. The lowest BCUT2D eigenvalue weighted by Gasteiger charge is -1.97. The number of amides is 1. The molecule has 3 nitrogen and oxygen atoms in total. The Labute approximate surface area is 110 Å². The van der Waals surface area contributed by atoms with E-state index in [0.717, 1.165) is 30.5 Å². The van der Waals surface area contributed by atoms with Crippen molar-refractivity contribution in [3.8, 4) is 0 Å². The summed E-state index contributed by atoms with van der Waals surface area (Å²) >= 11 is 0.674. The van der Waals surface area contributed by atoms with Gasteiger partial charge in [0.1, 0.15) is 11.6 Å². The van der Waals surface area contributed by atoms with Gasteiger partial charge in [-0.25, -0.2) is 14.2 Å². The number of nitrogens with zero attached hydrogens (tertiary/aromatic N) is 1. The van der Waals surface area contributed by atoms with Crippen LogP contribution in [-0.2, 0) is 0 Å². The van der Waals surface area contributed by atoms with Gasteiger partial charge in [0.15, 0.2) is 5.13 Å². The van der Waals surface area contributed by atoms with E-state index in [-0.39, 0.29) is 10.4 Å². The predicted molar refractivity (Wildman–Crippen MR) is 65.7 cm³/mol. The number of halogens is 3. The Morgan fingerprint density at radius 1 is 1.16 bits per heavy atom. The lowest BCUT2D eigenvalue weighted by molar-refractivity contribution is 0.0959. The molecule has 0 spiro atoms. The Morgan fingerprint density at radius 2 is 1.84 bits per heavy atom. The largest absolute Gasteiger partial charge is 0.281 e. The molecule has 0 atom stereocenters. The molecule has 0 aliphatic rings. The molecular formula is C12H7F3N2OS. The number of carbonyl (C=O) groups excluding carboxylic acids is 1. The van der Waals surface area contributed by atoms with Gasteiger partial charge in [0.05, 0.1) is 11.1 Å². The fraction of sp³-hybridized carbons (Fsp3) is 0. The van der Waals surface area contributed by atoms with Crippen LogP contribution in [0.3, 0.4) is 0 Å². The maximum Gasteiger partial charge on any atom is 0.281 e. The van der Waals surface area contributed by atoms with Crippen molar-refractivity contribution in [2.75, 3.05) is 0 Å². The van der Waals surface area contributed by atoms with Crippen molar-refractivity contribution in [1.82, 2.24) is 5.43 Å². The lowest BCUT2D eigenvalue weighted by atomic mass is 10.2. The summed E-state index contributed by atoms with van der Waals surface area (Å²) in [6.07, 6.45) is 1.09. The average Bonchev–Trinajstić information content (AvgIpc) is 2.74. The van der Waals surface area contributed by atoms with Crippen LogP contribution in [-0.4, -0.2) is 12.1 Å². The summed E-state index contributed by atoms with van der Waals surface area (Å²) in [7, 11) is 0. The zero-order chi connectivity index (χ0) is 13.8. The normalized spacial score (nSPS) is 10.9. The average molecular weight is 284 g/mol. The summed E-state index contributed by atoms with van der Waals surface area (Å²) in [6.45, 7) is 0. The highest BCUT2D eigenvalue weighted by molar-refractivity contribution is 7.12. The molecule has 0 radical (unpaired) electrons. The minimum atomic E-state index is -0.742. The molecule has 1 aromatic carbocycles. The molecule has 0 saturated carbocycles. The molecule has 1 N–H and O–H groups in total. The third-order valence-electron chi connectivity index (χ3n) is 2.06. The zero-order valence-electron chi connectivity index (χ0n) is 9.36. The molecule has 0 unspecified atom stereocenters. The molecule has 0 fully saturated rings. The van der Waals surface area contributed by atoms with E-state index in [9.17, 15) is 18.0 Å². The quantitative estimate of drug-likeness (QED) is 0.683. The fourth-order valence-corrected chi connectivity index (χ4v) is 1.93. The van der Waals surface area contributed by atoms with Crippen LogP contribution in [0.5, 0.6) is 0 Å². The van der Waals surface area contributed by atoms with Crippen LogP contribution >= 0.6 is 11.3 Å². The fourth-order valence-electron chi connectivity index (χ4n) is 1.31. The molecule has 7 heteroatoms. The van der Waals surface area contributed by atoms with Gasteiger partial charge in [-0.2, -0.15) is 9.49 Å². The molecule has 1 heterocycles. The molecule has 0 saturated heterocycles. The Bertz CT molecular complexity index is 619. The highest BCUT2D eigenvalue weighted by Gasteiger charge is 2.07. The van der Waals surface area contributed by atoms with E-state index in [2.05, 4.69) is 10.5 Å². The van der Waals surface area contributed by atoms with Crippen LogP contribution in [0.15, 0.2) is 35.4 Å².